The third-order valence-corrected chi connectivity index (χ3v) is 2.59. The Hall–Kier alpha value is -2.17. The van der Waals surface area contributed by atoms with Crippen molar-refractivity contribution in [3.05, 3.63) is 53.1 Å². The summed E-state index contributed by atoms with van der Waals surface area (Å²) in [5.74, 6) is -0.511. The molecule has 0 aliphatic heterocycles. The predicted molar refractivity (Wildman–Crippen MR) is 65.5 cm³/mol. The van der Waals surface area contributed by atoms with E-state index in [1.165, 1.54) is 12.1 Å². The fourth-order valence-corrected chi connectivity index (χ4v) is 1.70. The van der Waals surface area contributed by atoms with Gasteiger partial charge in [-0.1, -0.05) is 12.1 Å². The van der Waals surface area contributed by atoms with Crippen LogP contribution in [0.3, 0.4) is 0 Å². The van der Waals surface area contributed by atoms with E-state index in [-0.39, 0.29) is 11.7 Å². The first-order valence-corrected chi connectivity index (χ1v) is 5.59. The zero-order chi connectivity index (χ0) is 13.1. The molecular formula is C13H14FN3O. The first kappa shape index (κ1) is 12.3. The fourth-order valence-electron chi connectivity index (χ4n) is 1.70. The molecule has 1 heterocycles. The minimum Gasteiger partial charge on any atom is -0.347 e. The highest BCUT2D eigenvalue weighted by molar-refractivity contribution is 5.93. The number of amides is 1. The molecule has 1 aromatic heterocycles. The molecule has 1 amide bonds. The van der Waals surface area contributed by atoms with Crippen molar-refractivity contribution in [1.82, 2.24) is 15.1 Å². The van der Waals surface area contributed by atoms with Crippen LogP contribution in [0, 0.1) is 12.7 Å². The summed E-state index contributed by atoms with van der Waals surface area (Å²) in [4.78, 5) is 11.9. The maximum Gasteiger partial charge on any atom is 0.272 e. The molecular weight excluding hydrogens is 233 g/mol. The molecule has 0 fully saturated rings. The van der Waals surface area contributed by atoms with Gasteiger partial charge < -0.3 is 5.32 Å². The average Bonchev–Trinajstić information content (AvgIpc) is 2.67. The Morgan fingerprint density at radius 2 is 2.06 bits per heavy atom. The molecule has 18 heavy (non-hydrogen) atoms. The summed E-state index contributed by atoms with van der Waals surface area (Å²) in [5.41, 5.74) is 2.09. The van der Waals surface area contributed by atoms with Crippen LogP contribution >= 0.6 is 0 Å². The van der Waals surface area contributed by atoms with Gasteiger partial charge >= 0.3 is 0 Å². The van der Waals surface area contributed by atoms with Crippen LogP contribution in [0.5, 0.6) is 0 Å². The first-order valence-electron chi connectivity index (χ1n) is 5.59. The number of rotatable bonds is 3. The molecule has 0 saturated heterocycles. The van der Waals surface area contributed by atoms with E-state index in [9.17, 15) is 9.18 Å². The summed E-state index contributed by atoms with van der Waals surface area (Å²) in [7, 11) is 1.77. The van der Waals surface area contributed by atoms with E-state index < -0.39 is 0 Å². The molecule has 0 spiro atoms. The van der Waals surface area contributed by atoms with E-state index >= 15 is 0 Å². The quantitative estimate of drug-likeness (QED) is 0.899. The van der Waals surface area contributed by atoms with Crippen LogP contribution in [0.2, 0.25) is 0 Å². The summed E-state index contributed by atoms with van der Waals surface area (Å²) >= 11 is 0. The number of hydrogen-bond acceptors (Lipinski definition) is 2. The van der Waals surface area contributed by atoms with E-state index in [1.54, 1.807) is 30.1 Å². The van der Waals surface area contributed by atoms with Crippen molar-refractivity contribution in [1.29, 1.82) is 0 Å². The number of hydrogen-bond donors (Lipinski definition) is 1. The highest BCUT2D eigenvalue weighted by Gasteiger charge is 2.12. The van der Waals surface area contributed by atoms with Crippen LogP contribution in [0.1, 0.15) is 21.6 Å². The van der Waals surface area contributed by atoms with Gasteiger partial charge in [-0.15, -0.1) is 0 Å². The topological polar surface area (TPSA) is 46.9 Å². The van der Waals surface area contributed by atoms with Gasteiger partial charge in [0.1, 0.15) is 5.82 Å². The Bertz CT molecular complexity index is 560. The monoisotopic (exact) mass is 247 g/mol. The van der Waals surface area contributed by atoms with Crippen molar-refractivity contribution in [2.45, 2.75) is 13.5 Å². The Labute approximate surface area is 104 Å². The molecule has 0 radical (unpaired) electrons. The zero-order valence-electron chi connectivity index (χ0n) is 10.3. The van der Waals surface area contributed by atoms with Gasteiger partial charge in [0, 0.05) is 25.4 Å². The molecule has 5 heteroatoms. The smallest absolute Gasteiger partial charge is 0.272 e. The second-order valence-corrected chi connectivity index (χ2v) is 4.14. The van der Waals surface area contributed by atoms with Gasteiger partial charge in [0.2, 0.25) is 0 Å². The number of nitrogens with one attached hydrogen (secondary N) is 1. The van der Waals surface area contributed by atoms with Crippen LogP contribution in [-0.4, -0.2) is 15.7 Å². The Morgan fingerprint density at radius 3 is 2.61 bits per heavy atom. The third-order valence-electron chi connectivity index (χ3n) is 2.59. The molecule has 2 aromatic rings. The molecule has 4 nitrogen and oxygen atoms in total. The Morgan fingerprint density at radius 1 is 1.39 bits per heavy atom. The van der Waals surface area contributed by atoms with Crippen LogP contribution in [0.15, 0.2) is 30.5 Å². The predicted octanol–water partition coefficient (Wildman–Crippen LogP) is 1.80. The lowest BCUT2D eigenvalue weighted by Crippen LogP contribution is -2.24. The van der Waals surface area contributed by atoms with Crippen molar-refractivity contribution < 1.29 is 9.18 Å². The minimum atomic E-state index is -0.286. The Kier molecular flexibility index (Phi) is 3.41. The fraction of sp³-hybridized carbons (Fsp3) is 0.231. The molecule has 0 aliphatic rings. The van der Waals surface area contributed by atoms with Crippen LogP contribution in [0.25, 0.3) is 0 Å². The highest BCUT2D eigenvalue weighted by atomic mass is 19.1. The van der Waals surface area contributed by atoms with E-state index in [2.05, 4.69) is 10.4 Å². The maximum absolute atomic E-state index is 12.7. The van der Waals surface area contributed by atoms with Crippen molar-refractivity contribution in [3.8, 4) is 0 Å². The number of halogens is 1. The number of aromatic nitrogens is 2. The second-order valence-electron chi connectivity index (χ2n) is 4.14. The number of benzene rings is 1. The van der Waals surface area contributed by atoms with Gasteiger partial charge in [0.25, 0.3) is 5.91 Å². The van der Waals surface area contributed by atoms with Gasteiger partial charge in [-0.2, -0.15) is 5.10 Å². The number of nitrogens with zero attached hydrogens (tertiary/aromatic N) is 2. The molecule has 0 aliphatic carbocycles. The van der Waals surface area contributed by atoms with Gasteiger partial charge in [0.15, 0.2) is 5.69 Å². The van der Waals surface area contributed by atoms with E-state index in [0.29, 0.717) is 12.2 Å². The van der Waals surface area contributed by atoms with E-state index in [4.69, 9.17) is 0 Å². The van der Waals surface area contributed by atoms with Crippen LogP contribution in [0.4, 0.5) is 4.39 Å². The number of aryl methyl sites for hydroxylation is 2. The Balaban J connectivity index is 2.00. The van der Waals surface area contributed by atoms with Gasteiger partial charge in [0.05, 0.1) is 0 Å². The van der Waals surface area contributed by atoms with Crippen molar-refractivity contribution in [3.63, 3.8) is 0 Å². The number of carbonyl (C=O) groups excluding carboxylic acids is 1. The summed E-state index contributed by atoms with van der Waals surface area (Å²) in [6, 6.07) is 6.02. The molecule has 0 atom stereocenters. The second kappa shape index (κ2) is 5.00. The number of carbonyl (C=O) groups is 1. The van der Waals surface area contributed by atoms with Crippen molar-refractivity contribution in [2.24, 2.45) is 7.05 Å². The average molecular weight is 247 g/mol. The summed E-state index contributed by atoms with van der Waals surface area (Å²) < 4.78 is 14.3. The lowest BCUT2D eigenvalue weighted by Gasteiger charge is -2.04. The maximum atomic E-state index is 12.7. The first-order chi connectivity index (χ1) is 8.56. The summed E-state index contributed by atoms with van der Waals surface area (Å²) in [6.45, 7) is 2.19. The van der Waals surface area contributed by atoms with Gasteiger partial charge in [-0.25, -0.2) is 4.39 Å². The molecule has 1 aromatic carbocycles. The third kappa shape index (κ3) is 2.74. The lowest BCUT2D eigenvalue weighted by atomic mass is 10.2. The van der Waals surface area contributed by atoms with E-state index in [1.807, 2.05) is 6.92 Å². The van der Waals surface area contributed by atoms with Crippen LogP contribution in [-0.2, 0) is 13.6 Å². The van der Waals surface area contributed by atoms with Crippen molar-refractivity contribution in [2.75, 3.05) is 0 Å². The normalized spacial score (nSPS) is 10.4. The standard InChI is InChI=1S/C13H14FN3O/c1-9-8-17(2)16-12(9)13(18)15-7-10-3-5-11(14)6-4-10/h3-6,8H,7H2,1-2H3,(H,15,18). The summed E-state index contributed by atoms with van der Waals surface area (Å²) in [5, 5.41) is 6.83. The molecule has 0 saturated carbocycles. The molecule has 94 valence electrons. The molecule has 0 unspecified atom stereocenters. The molecule has 2 rings (SSSR count). The highest BCUT2D eigenvalue weighted by Crippen LogP contribution is 2.05. The van der Waals surface area contributed by atoms with Gasteiger partial charge in [-0.3, -0.25) is 9.48 Å². The summed E-state index contributed by atoms with van der Waals surface area (Å²) in [6.07, 6.45) is 1.78. The van der Waals surface area contributed by atoms with Gasteiger partial charge in [-0.05, 0) is 24.6 Å². The van der Waals surface area contributed by atoms with Crippen LogP contribution < -0.4 is 5.32 Å². The van der Waals surface area contributed by atoms with Crippen molar-refractivity contribution >= 4 is 5.91 Å². The molecule has 0 bridgehead atoms. The van der Waals surface area contributed by atoms with E-state index in [0.717, 1.165) is 11.1 Å². The lowest BCUT2D eigenvalue weighted by molar-refractivity contribution is 0.0944. The molecule has 1 N–H and O–H groups in total. The largest absolute Gasteiger partial charge is 0.347 e. The SMILES string of the molecule is Cc1cn(C)nc1C(=O)NCc1ccc(F)cc1. The zero-order valence-corrected chi connectivity index (χ0v) is 10.3. The minimum absolute atomic E-state index is 0.225.